The Balaban J connectivity index is 1.86. The Hall–Kier alpha value is -1.81. The molecule has 0 aliphatic rings. The summed E-state index contributed by atoms with van der Waals surface area (Å²) in [5, 5.41) is 5.56. The topological polar surface area (TPSA) is 60.2 Å². The van der Waals surface area contributed by atoms with Crippen LogP contribution in [0, 0.1) is 0 Å². The molecule has 1 aromatic carbocycles. The van der Waals surface area contributed by atoms with Gasteiger partial charge in [-0.1, -0.05) is 13.3 Å². The van der Waals surface area contributed by atoms with E-state index in [4.69, 9.17) is 10.5 Å². The predicted molar refractivity (Wildman–Crippen MR) is 85.0 cm³/mol. The van der Waals surface area contributed by atoms with Gasteiger partial charge >= 0.3 is 0 Å². The van der Waals surface area contributed by atoms with Crippen molar-refractivity contribution < 1.29 is 4.74 Å². The third-order valence-electron chi connectivity index (χ3n) is 3.27. The molecule has 0 fully saturated rings. The molecule has 0 spiro atoms. The van der Waals surface area contributed by atoms with Gasteiger partial charge in [0.15, 0.2) is 0 Å². The van der Waals surface area contributed by atoms with Gasteiger partial charge in [0.1, 0.15) is 0 Å². The van der Waals surface area contributed by atoms with Crippen molar-refractivity contribution in [3.63, 3.8) is 0 Å². The molecule has 0 unspecified atom stereocenters. The molecule has 0 aliphatic carbocycles. The van der Waals surface area contributed by atoms with Crippen LogP contribution in [0.5, 0.6) is 0 Å². The third-order valence-corrected chi connectivity index (χ3v) is 3.27. The molecule has 4 nitrogen and oxygen atoms in total. The second-order valence-electron chi connectivity index (χ2n) is 4.87. The zero-order chi connectivity index (χ0) is 14.2. The number of aromatic nitrogens is 1. The van der Waals surface area contributed by atoms with Crippen molar-refractivity contribution >= 4 is 22.1 Å². The SMILES string of the molecule is CCCCOCCCNc1ccc(N)c2cnccc12. The van der Waals surface area contributed by atoms with Crippen LogP contribution in [0.1, 0.15) is 26.2 Å². The van der Waals surface area contributed by atoms with Gasteiger partial charge in [-0.3, -0.25) is 4.98 Å². The van der Waals surface area contributed by atoms with Crippen molar-refractivity contribution in [2.45, 2.75) is 26.2 Å². The van der Waals surface area contributed by atoms with Crippen LogP contribution in [0.25, 0.3) is 10.8 Å². The highest BCUT2D eigenvalue weighted by Crippen LogP contribution is 2.27. The minimum atomic E-state index is 0.765. The van der Waals surface area contributed by atoms with Crippen molar-refractivity contribution in [2.24, 2.45) is 0 Å². The molecular weight excluding hydrogens is 250 g/mol. The van der Waals surface area contributed by atoms with Gasteiger partial charge in [0.2, 0.25) is 0 Å². The van der Waals surface area contributed by atoms with Gasteiger partial charge in [0.25, 0.3) is 0 Å². The van der Waals surface area contributed by atoms with Gasteiger partial charge in [-0.15, -0.1) is 0 Å². The van der Waals surface area contributed by atoms with E-state index in [0.717, 1.165) is 54.7 Å². The molecule has 20 heavy (non-hydrogen) atoms. The summed E-state index contributed by atoms with van der Waals surface area (Å²) in [6.07, 6.45) is 6.93. The number of pyridine rings is 1. The maximum absolute atomic E-state index is 5.96. The number of nitrogens with two attached hydrogens (primary N) is 1. The molecule has 0 amide bonds. The van der Waals surface area contributed by atoms with Crippen molar-refractivity contribution in [3.05, 3.63) is 30.6 Å². The number of fused-ring (bicyclic) bond motifs is 1. The van der Waals surface area contributed by atoms with E-state index in [2.05, 4.69) is 17.2 Å². The minimum Gasteiger partial charge on any atom is -0.398 e. The van der Waals surface area contributed by atoms with Crippen molar-refractivity contribution in [3.8, 4) is 0 Å². The lowest BCUT2D eigenvalue weighted by molar-refractivity contribution is 0.131. The Morgan fingerprint density at radius 2 is 2.00 bits per heavy atom. The molecular formula is C16H23N3O. The lowest BCUT2D eigenvalue weighted by Crippen LogP contribution is -2.07. The highest BCUT2D eigenvalue weighted by Gasteiger charge is 2.03. The molecule has 0 radical (unpaired) electrons. The maximum Gasteiger partial charge on any atom is 0.0482 e. The zero-order valence-corrected chi connectivity index (χ0v) is 12.1. The van der Waals surface area contributed by atoms with Gasteiger partial charge < -0.3 is 15.8 Å². The maximum atomic E-state index is 5.96. The average Bonchev–Trinajstić information content (AvgIpc) is 2.49. The smallest absolute Gasteiger partial charge is 0.0482 e. The highest BCUT2D eigenvalue weighted by atomic mass is 16.5. The summed E-state index contributed by atoms with van der Waals surface area (Å²) in [5.41, 5.74) is 7.83. The number of benzene rings is 1. The number of rotatable bonds is 8. The number of unbranched alkanes of at least 4 members (excludes halogenated alkanes) is 1. The number of hydrogen-bond acceptors (Lipinski definition) is 4. The van der Waals surface area contributed by atoms with Gasteiger partial charge in [-0.2, -0.15) is 0 Å². The number of nitrogens with one attached hydrogen (secondary N) is 1. The molecule has 108 valence electrons. The Morgan fingerprint density at radius 3 is 2.85 bits per heavy atom. The number of hydrogen-bond donors (Lipinski definition) is 2. The summed E-state index contributed by atoms with van der Waals surface area (Å²) in [7, 11) is 0. The normalized spacial score (nSPS) is 10.8. The second kappa shape index (κ2) is 7.70. The number of nitrogens with zero attached hydrogens (tertiary/aromatic N) is 1. The molecule has 0 saturated heterocycles. The molecule has 4 heteroatoms. The number of nitrogen functional groups attached to an aromatic ring is 1. The summed E-state index contributed by atoms with van der Waals surface area (Å²) in [5.74, 6) is 0. The van der Waals surface area contributed by atoms with E-state index in [0.29, 0.717) is 0 Å². The molecule has 0 aliphatic heterocycles. The zero-order valence-electron chi connectivity index (χ0n) is 12.1. The lowest BCUT2D eigenvalue weighted by atomic mass is 10.1. The largest absolute Gasteiger partial charge is 0.398 e. The number of anilines is 2. The molecule has 1 heterocycles. The third kappa shape index (κ3) is 3.84. The fourth-order valence-corrected chi connectivity index (χ4v) is 2.11. The van der Waals surface area contributed by atoms with E-state index >= 15 is 0 Å². The van der Waals surface area contributed by atoms with E-state index in [9.17, 15) is 0 Å². The van der Waals surface area contributed by atoms with Crippen LogP contribution < -0.4 is 11.1 Å². The van der Waals surface area contributed by atoms with Gasteiger partial charge in [-0.25, -0.2) is 0 Å². The number of ether oxygens (including phenoxy) is 1. The Kier molecular flexibility index (Phi) is 5.62. The highest BCUT2D eigenvalue weighted by molar-refractivity contribution is 6.00. The fourth-order valence-electron chi connectivity index (χ4n) is 2.11. The van der Waals surface area contributed by atoms with Crippen LogP contribution in [0.3, 0.4) is 0 Å². The van der Waals surface area contributed by atoms with Gasteiger partial charge in [-0.05, 0) is 31.0 Å². The van der Waals surface area contributed by atoms with E-state index in [1.54, 1.807) is 6.20 Å². The molecule has 3 N–H and O–H groups in total. The molecule has 2 aromatic rings. The summed E-state index contributed by atoms with van der Waals surface area (Å²) >= 11 is 0. The fraction of sp³-hybridized carbons (Fsp3) is 0.438. The van der Waals surface area contributed by atoms with Crippen LogP contribution in [-0.4, -0.2) is 24.7 Å². The minimum absolute atomic E-state index is 0.765. The molecule has 0 saturated carbocycles. The summed E-state index contributed by atoms with van der Waals surface area (Å²) in [6.45, 7) is 4.74. The first-order chi connectivity index (χ1) is 9.83. The first kappa shape index (κ1) is 14.6. The van der Waals surface area contributed by atoms with Crippen molar-refractivity contribution in [1.82, 2.24) is 4.98 Å². The van der Waals surface area contributed by atoms with Crippen LogP contribution in [0.4, 0.5) is 11.4 Å². The van der Waals surface area contributed by atoms with Crippen LogP contribution in [0.15, 0.2) is 30.6 Å². The first-order valence-corrected chi connectivity index (χ1v) is 7.26. The van der Waals surface area contributed by atoms with E-state index < -0.39 is 0 Å². The van der Waals surface area contributed by atoms with E-state index in [-0.39, 0.29) is 0 Å². The Bertz CT molecular complexity index is 542. The molecule has 2 rings (SSSR count). The monoisotopic (exact) mass is 273 g/mol. The summed E-state index contributed by atoms with van der Waals surface area (Å²) < 4.78 is 5.55. The summed E-state index contributed by atoms with van der Waals surface area (Å²) in [4.78, 5) is 4.13. The Labute approximate surface area is 120 Å². The quantitative estimate of drug-likeness (QED) is 0.571. The Morgan fingerprint density at radius 1 is 1.15 bits per heavy atom. The van der Waals surface area contributed by atoms with Crippen LogP contribution >= 0.6 is 0 Å². The van der Waals surface area contributed by atoms with E-state index in [1.165, 1.54) is 6.42 Å². The lowest BCUT2D eigenvalue weighted by Gasteiger charge is -2.11. The summed E-state index contributed by atoms with van der Waals surface area (Å²) in [6, 6.07) is 5.94. The predicted octanol–water partition coefficient (Wildman–Crippen LogP) is 3.44. The molecule has 0 bridgehead atoms. The first-order valence-electron chi connectivity index (χ1n) is 7.26. The van der Waals surface area contributed by atoms with Crippen molar-refractivity contribution in [1.29, 1.82) is 0 Å². The molecule has 1 aromatic heterocycles. The van der Waals surface area contributed by atoms with E-state index in [1.807, 2.05) is 24.4 Å². The van der Waals surface area contributed by atoms with Gasteiger partial charge in [0, 0.05) is 54.3 Å². The second-order valence-corrected chi connectivity index (χ2v) is 4.87. The van der Waals surface area contributed by atoms with Crippen LogP contribution in [0.2, 0.25) is 0 Å². The van der Waals surface area contributed by atoms with Gasteiger partial charge in [0.05, 0.1) is 0 Å². The van der Waals surface area contributed by atoms with Crippen molar-refractivity contribution in [2.75, 3.05) is 30.8 Å². The molecule has 0 atom stereocenters. The standard InChI is InChI=1S/C16H23N3O/c1-2-3-10-20-11-4-8-19-16-6-5-15(17)14-12-18-9-7-13(14)16/h5-7,9,12,19H,2-4,8,10-11,17H2,1H3. The average molecular weight is 273 g/mol. The van der Waals surface area contributed by atoms with Crippen LogP contribution in [-0.2, 0) is 4.74 Å².